The highest BCUT2D eigenvalue weighted by molar-refractivity contribution is 5.85. The van der Waals surface area contributed by atoms with Gasteiger partial charge < -0.3 is 15.0 Å². The second kappa shape index (κ2) is 6.47. The molecular weight excluding hydrogens is 263 g/mol. The summed E-state index contributed by atoms with van der Waals surface area (Å²) in [4.78, 5) is 24.7. The molecule has 1 aliphatic rings. The normalized spacial score (nSPS) is 15.3. The maximum atomic E-state index is 13.3. The van der Waals surface area contributed by atoms with Crippen LogP contribution in [0.1, 0.15) is 11.1 Å². The number of nitrogens with zero attached hydrogens (tertiary/aromatic N) is 1. The Kier molecular flexibility index (Phi) is 4.68. The number of hydrogen-bond acceptors (Lipinski definition) is 3. The van der Waals surface area contributed by atoms with Gasteiger partial charge in [0.1, 0.15) is 12.4 Å². The second-order valence-electron chi connectivity index (χ2n) is 4.73. The summed E-state index contributed by atoms with van der Waals surface area (Å²) >= 11 is 0. The summed E-state index contributed by atoms with van der Waals surface area (Å²) in [5.41, 5.74) is 1.26. The Morgan fingerprint density at radius 1 is 1.50 bits per heavy atom. The molecule has 0 unspecified atom stereocenters. The van der Waals surface area contributed by atoms with Crippen molar-refractivity contribution in [2.45, 2.75) is 13.5 Å². The molecule has 1 aromatic carbocycles. The molecule has 6 heteroatoms. The molecule has 0 radical (unpaired) electrons. The maximum absolute atomic E-state index is 13.3. The molecule has 1 saturated heterocycles. The van der Waals surface area contributed by atoms with Gasteiger partial charge in [-0.1, -0.05) is 12.1 Å². The fourth-order valence-corrected chi connectivity index (χ4v) is 1.89. The average Bonchev–Trinajstić information content (AvgIpc) is 2.43. The van der Waals surface area contributed by atoms with Gasteiger partial charge in [0.15, 0.2) is 0 Å². The Balaban J connectivity index is 1.82. The molecule has 1 fully saturated rings. The topological polar surface area (TPSA) is 58.6 Å². The molecule has 0 aromatic heterocycles. The first-order valence-corrected chi connectivity index (χ1v) is 6.43. The smallest absolute Gasteiger partial charge is 0.249 e. The van der Waals surface area contributed by atoms with Crippen molar-refractivity contribution in [3.05, 3.63) is 35.1 Å². The summed E-state index contributed by atoms with van der Waals surface area (Å²) in [6.45, 7) is 2.83. The van der Waals surface area contributed by atoms with Gasteiger partial charge in [0.25, 0.3) is 0 Å². The van der Waals surface area contributed by atoms with Crippen LogP contribution in [0.15, 0.2) is 18.2 Å². The Morgan fingerprint density at radius 3 is 3.00 bits per heavy atom. The van der Waals surface area contributed by atoms with E-state index in [0.717, 1.165) is 0 Å². The van der Waals surface area contributed by atoms with Gasteiger partial charge in [-0.05, 0) is 24.1 Å². The molecule has 0 atom stereocenters. The van der Waals surface area contributed by atoms with Crippen molar-refractivity contribution in [3.63, 3.8) is 0 Å². The van der Waals surface area contributed by atoms with E-state index in [9.17, 15) is 14.0 Å². The van der Waals surface area contributed by atoms with Gasteiger partial charge >= 0.3 is 0 Å². The summed E-state index contributed by atoms with van der Waals surface area (Å²) in [6, 6.07) is 4.83. The summed E-state index contributed by atoms with van der Waals surface area (Å²) < 4.78 is 18.3. The number of aryl methyl sites for hydroxylation is 1. The van der Waals surface area contributed by atoms with Crippen LogP contribution in [0.4, 0.5) is 4.39 Å². The minimum atomic E-state index is -0.292. The van der Waals surface area contributed by atoms with Crippen molar-refractivity contribution in [2.75, 3.05) is 26.3 Å². The predicted molar refractivity (Wildman–Crippen MR) is 70.4 cm³/mol. The SMILES string of the molecule is Cc1ccc(CNC(=O)CN2CCOCC2=O)cc1F. The minimum absolute atomic E-state index is 0.0105. The third-order valence-corrected chi connectivity index (χ3v) is 3.14. The van der Waals surface area contributed by atoms with Crippen LogP contribution >= 0.6 is 0 Å². The lowest BCUT2D eigenvalue weighted by Gasteiger charge is -2.26. The van der Waals surface area contributed by atoms with Gasteiger partial charge in [0.05, 0.1) is 13.2 Å². The first kappa shape index (κ1) is 14.5. The number of ether oxygens (including phenoxy) is 1. The summed E-state index contributed by atoms with van der Waals surface area (Å²) in [5.74, 6) is -0.742. The lowest BCUT2D eigenvalue weighted by Crippen LogP contribution is -2.46. The zero-order chi connectivity index (χ0) is 14.5. The summed E-state index contributed by atoms with van der Waals surface area (Å²) in [7, 11) is 0. The average molecular weight is 280 g/mol. The largest absolute Gasteiger partial charge is 0.370 e. The van der Waals surface area contributed by atoms with Crippen LogP contribution in [0.2, 0.25) is 0 Å². The Bertz CT molecular complexity index is 519. The predicted octanol–water partition coefficient (Wildman–Crippen LogP) is 0.609. The molecule has 1 heterocycles. The van der Waals surface area contributed by atoms with Crippen LogP contribution in [0, 0.1) is 12.7 Å². The van der Waals surface area contributed by atoms with E-state index < -0.39 is 0 Å². The Hall–Kier alpha value is -1.95. The summed E-state index contributed by atoms with van der Waals surface area (Å²) in [5, 5.41) is 2.67. The number of hydrogen-bond donors (Lipinski definition) is 1. The standard InChI is InChI=1S/C14H17FN2O3/c1-10-2-3-11(6-12(10)15)7-16-13(18)8-17-4-5-20-9-14(17)19/h2-3,6H,4-5,7-9H2,1H3,(H,16,18). The zero-order valence-electron chi connectivity index (χ0n) is 11.3. The minimum Gasteiger partial charge on any atom is -0.370 e. The van der Waals surface area contributed by atoms with Crippen LogP contribution in [0.25, 0.3) is 0 Å². The van der Waals surface area contributed by atoms with Crippen molar-refractivity contribution in [1.82, 2.24) is 10.2 Å². The molecule has 1 N–H and O–H groups in total. The van der Waals surface area contributed by atoms with Gasteiger partial charge in [-0.3, -0.25) is 9.59 Å². The third-order valence-electron chi connectivity index (χ3n) is 3.14. The molecule has 0 aliphatic carbocycles. The molecule has 5 nitrogen and oxygen atoms in total. The number of carbonyl (C=O) groups excluding carboxylic acids is 2. The lowest BCUT2D eigenvalue weighted by atomic mass is 10.1. The summed E-state index contributed by atoms with van der Waals surface area (Å²) in [6.07, 6.45) is 0. The zero-order valence-corrected chi connectivity index (χ0v) is 11.3. The number of carbonyl (C=O) groups is 2. The van der Waals surface area contributed by atoms with Crippen LogP contribution in [0.3, 0.4) is 0 Å². The van der Waals surface area contributed by atoms with E-state index in [2.05, 4.69) is 5.32 Å². The number of benzene rings is 1. The van der Waals surface area contributed by atoms with Gasteiger partial charge in [-0.15, -0.1) is 0 Å². The molecule has 20 heavy (non-hydrogen) atoms. The molecular formula is C14H17FN2O3. The van der Waals surface area contributed by atoms with Crippen molar-refractivity contribution in [3.8, 4) is 0 Å². The van der Waals surface area contributed by atoms with Gasteiger partial charge in [0, 0.05) is 13.1 Å². The van der Waals surface area contributed by atoms with Gasteiger partial charge in [-0.25, -0.2) is 4.39 Å². The maximum Gasteiger partial charge on any atom is 0.249 e. The highest BCUT2D eigenvalue weighted by Crippen LogP contribution is 2.08. The molecule has 0 saturated carbocycles. The molecule has 2 rings (SSSR count). The van der Waals surface area contributed by atoms with E-state index in [4.69, 9.17) is 4.74 Å². The molecule has 0 bridgehead atoms. The number of amides is 2. The Morgan fingerprint density at radius 2 is 2.30 bits per heavy atom. The van der Waals surface area contributed by atoms with Crippen LogP contribution in [0.5, 0.6) is 0 Å². The first-order chi connectivity index (χ1) is 9.56. The van der Waals surface area contributed by atoms with Crippen molar-refractivity contribution >= 4 is 11.8 Å². The van der Waals surface area contributed by atoms with E-state index >= 15 is 0 Å². The highest BCUT2D eigenvalue weighted by Gasteiger charge is 2.20. The van der Waals surface area contributed by atoms with Gasteiger partial charge in [-0.2, -0.15) is 0 Å². The molecule has 2 amide bonds. The van der Waals surface area contributed by atoms with Crippen molar-refractivity contribution in [2.24, 2.45) is 0 Å². The molecule has 1 aliphatic heterocycles. The van der Waals surface area contributed by atoms with E-state index in [1.54, 1.807) is 19.1 Å². The molecule has 108 valence electrons. The number of rotatable bonds is 4. The number of nitrogens with one attached hydrogen (secondary N) is 1. The number of halogens is 1. The third kappa shape index (κ3) is 3.77. The van der Waals surface area contributed by atoms with E-state index in [1.807, 2.05) is 0 Å². The van der Waals surface area contributed by atoms with Crippen LogP contribution < -0.4 is 5.32 Å². The Labute approximate surface area is 116 Å². The lowest BCUT2D eigenvalue weighted by molar-refractivity contribution is -0.145. The monoisotopic (exact) mass is 280 g/mol. The van der Waals surface area contributed by atoms with E-state index in [0.29, 0.717) is 24.3 Å². The van der Waals surface area contributed by atoms with Crippen molar-refractivity contribution in [1.29, 1.82) is 0 Å². The van der Waals surface area contributed by atoms with E-state index in [-0.39, 0.29) is 37.3 Å². The van der Waals surface area contributed by atoms with Gasteiger partial charge in [0.2, 0.25) is 11.8 Å². The van der Waals surface area contributed by atoms with Crippen LogP contribution in [-0.4, -0.2) is 43.0 Å². The van der Waals surface area contributed by atoms with Crippen molar-refractivity contribution < 1.29 is 18.7 Å². The first-order valence-electron chi connectivity index (χ1n) is 6.43. The van der Waals surface area contributed by atoms with E-state index in [1.165, 1.54) is 11.0 Å². The highest BCUT2D eigenvalue weighted by atomic mass is 19.1. The second-order valence-corrected chi connectivity index (χ2v) is 4.73. The quantitative estimate of drug-likeness (QED) is 0.879. The fourth-order valence-electron chi connectivity index (χ4n) is 1.89. The number of morpholine rings is 1. The van der Waals surface area contributed by atoms with Crippen LogP contribution in [-0.2, 0) is 20.9 Å². The fraction of sp³-hybridized carbons (Fsp3) is 0.429. The molecule has 0 spiro atoms. The molecule has 1 aromatic rings.